The molecule has 3 N–H and O–H groups in total. The molecule has 51 heavy (non-hydrogen) atoms. The van der Waals surface area contributed by atoms with Gasteiger partial charge in [0.2, 0.25) is 17.7 Å². The molecule has 12 nitrogen and oxygen atoms in total. The summed E-state index contributed by atoms with van der Waals surface area (Å²) < 4.78 is 0. The summed E-state index contributed by atoms with van der Waals surface area (Å²) in [5.41, 5.74) is 1.20. The van der Waals surface area contributed by atoms with Crippen LogP contribution in [0.5, 0.6) is 0 Å². The van der Waals surface area contributed by atoms with Crippen molar-refractivity contribution in [1.29, 1.82) is 0 Å². The van der Waals surface area contributed by atoms with Crippen molar-refractivity contribution in [2.45, 2.75) is 56.7 Å². The summed E-state index contributed by atoms with van der Waals surface area (Å²) in [7, 11) is 0. The SMILES string of the molecule is O=C1Nc2cc(ccc2Cl)C(=O)N2CCC[C@H]2C(=O)Nc2cc(ccc2Cl)C(=O)N2CCC[C@H]2C(=O)Nc2cc(ccc2Cl)C(=O)N2CCC[C@@H]12. The summed E-state index contributed by atoms with van der Waals surface area (Å²) in [6.45, 7) is 0.951. The van der Waals surface area contributed by atoms with Crippen molar-refractivity contribution in [3.05, 3.63) is 86.4 Å². The van der Waals surface area contributed by atoms with Gasteiger partial charge in [-0.25, -0.2) is 0 Å². The lowest BCUT2D eigenvalue weighted by molar-refractivity contribution is -0.120. The van der Waals surface area contributed by atoms with Gasteiger partial charge in [-0.05, 0) is 93.1 Å². The molecule has 0 unspecified atom stereocenters. The molecule has 6 amide bonds. The molecule has 0 aliphatic carbocycles. The molecule has 7 rings (SSSR count). The molecule has 0 aromatic heterocycles. The Labute approximate surface area is 308 Å². The molecule has 3 fully saturated rings. The molecule has 6 bridgehead atoms. The second-order valence-corrected chi connectivity index (χ2v) is 14.2. The molecule has 3 aromatic rings. The van der Waals surface area contributed by atoms with E-state index < -0.39 is 53.6 Å². The highest BCUT2D eigenvalue weighted by molar-refractivity contribution is 6.35. The second kappa shape index (κ2) is 14.2. The first-order chi connectivity index (χ1) is 24.5. The minimum atomic E-state index is -0.833. The third-order valence-electron chi connectivity index (χ3n) is 9.86. The summed E-state index contributed by atoms with van der Waals surface area (Å²) >= 11 is 19.4. The van der Waals surface area contributed by atoms with Crippen LogP contribution in [-0.2, 0) is 14.4 Å². The van der Waals surface area contributed by atoms with Gasteiger partial charge >= 0.3 is 0 Å². The lowest BCUT2D eigenvalue weighted by atomic mass is 10.1. The van der Waals surface area contributed by atoms with E-state index in [0.29, 0.717) is 58.2 Å². The van der Waals surface area contributed by atoms with E-state index in [2.05, 4.69) is 16.0 Å². The first kappa shape index (κ1) is 34.8. The average Bonchev–Trinajstić information content (AvgIpc) is 3.91. The minimum Gasteiger partial charge on any atom is -0.327 e. The highest BCUT2D eigenvalue weighted by atomic mass is 35.5. The van der Waals surface area contributed by atoms with Crippen molar-refractivity contribution >= 4 is 87.3 Å². The largest absolute Gasteiger partial charge is 0.327 e. The summed E-state index contributed by atoms with van der Waals surface area (Å²) in [6, 6.07) is 10.9. The predicted molar refractivity (Wildman–Crippen MR) is 192 cm³/mol. The number of halogens is 3. The molecule has 4 heterocycles. The molecular formula is C36H33Cl3N6O6. The van der Waals surface area contributed by atoms with Gasteiger partial charge in [-0.3, -0.25) is 28.8 Å². The van der Waals surface area contributed by atoms with Gasteiger partial charge in [0.05, 0.1) is 32.1 Å². The van der Waals surface area contributed by atoms with Gasteiger partial charge in [0, 0.05) is 36.3 Å². The van der Waals surface area contributed by atoms with Crippen LogP contribution in [0.1, 0.15) is 69.6 Å². The van der Waals surface area contributed by atoms with Crippen LogP contribution in [0, 0.1) is 0 Å². The lowest BCUT2D eigenvalue weighted by Gasteiger charge is -2.26. The number of rotatable bonds is 0. The van der Waals surface area contributed by atoms with Crippen molar-refractivity contribution in [1.82, 2.24) is 14.7 Å². The molecule has 15 heteroatoms. The summed E-state index contributed by atoms with van der Waals surface area (Å²) in [5, 5.41) is 8.97. The van der Waals surface area contributed by atoms with Gasteiger partial charge in [-0.15, -0.1) is 0 Å². The minimum absolute atomic E-state index is 0.187. The molecule has 4 aliphatic rings. The average molecular weight is 752 g/mol. The van der Waals surface area contributed by atoms with Gasteiger partial charge in [0.15, 0.2) is 0 Å². The number of hydrogen-bond acceptors (Lipinski definition) is 6. The van der Waals surface area contributed by atoms with Crippen LogP contribution >= 0.6 is 34.8 Å². The van der Waals surface area contributed by atoms with Gasteiger partial charge in [0.25, 0.3) is 17.7 Å². The zero-order valence-electron chi connectivity index (χ0n) is 27.2. The number of anilines is 3. The predicted octanol–water partition coefficient (Wildman–Crippen LogP) is 5.69. The molecule has 0 saturated carbocycles. The maximum atomic E-state index is 13.8. The van der Waals surface area contributed by atoms with Gasteiger partial charge in [-0.2, -0.15) is 0 Å². The standard InChI is InChI=1S/C36H33Cl3N6O6/c37-22-11-8-20-17-25(22)40-31(46)28-4-1-13-43(28)34(49)19-7-10-23(38)26(16-19)41-32(47)29-5-2-15-45(29)36(51)21-9-12-24(39)27(18-21)42-33(48)30-6-3-14-44(30)35(20)50/h7-12,16-18,28-30H,1-6,13-15H2,(H,40,46)(H,41,47)(H,42,48)/t28-,29-,30-/m0/s1. The first-order valence-corrected chi connectivity index (χ1v) is 17.9. The fraction of sp³-hybridized carbons (Fsp3) is 0.333. The maximum absolute atomic E-state index is 13.8. The Morgan fingerprint density at radius 2 is 0.725 bits per heavy atom. The van der Waals surface area contributed by atoms with Crippen LogP contribution in [-0.4, -0.2) is 87.9 Å². The maximum Gasteiger partial charge on any atom is 0.254 e. The van der Waals surface area contributed by atoms with Crippen molar-refractivity contribution in [3.63, 3.8) is 0 Å². The van der Waals surface area contributed by atoms with E-state index in [1.165, 1.54) is 69.3 Å². The molecular weight excluding hydrogens is 719 g/mol. The quantitative estimate of drug-likeness (QED) is 0.269. The first-order valence-electron chi connectivity index (χ1n) is 16.7. The number of amides is 6. The fourth-order valence-electron chi connectivity index (χ4n) is 7.25. The van der Waals surface area contributed by atoms with Crippen molar-refractivity contribution in [3.8, 4) is 0 Å². The Bertz CT molecular complexity index is 1770. The highest BCUT2D eigenvalue weighted by Crippen LogP contribution is 2.32. The molecule has 0 radical (unpaired) electrons. The van der Waals surface area contributed by atoms with Gasteiger partial charge in [0.1, 0.15) is 18.1 Å². The van der Waals surface area contributed by atoms with Crippen molar-refractivity contribution in [2.75, 3.05) is 35.6 Å². The Morgan fingerprint density at radius 1 is 0.451 bits per heavy atom. The van der Waals surface area contributed by atoms with E-state index in [-0.39, 0.29) is 48.8 Å². The second-order valence-electron chi connectivity index (χ2n) is 13.0. The van der Waals surface area contributed by atoms with E-state index in [1.807, 2.05) is 0 Å². The zero-order chi connectivity index (χ0) is 36.0. The summed E-state index contributed by atoms with van der Waals surface area (Å²) in [5.74, 6) is -2.73. The molecule has 3 saturated heterocycles. The Balaban J connectivity index is 1.27. The Kier molecular flexibility index (Phi) is 9.66. The highest BCUT2D eigenvalue weighted by Gasteiger charge is 2.38. The van der Waals surface area contributed by atoms with E-state index in [9.17, 15) is 28.8 Å². The lowest BCUT2D eigenvalue weighted by Crippen LogP contribution is -2.44. The van der Waals surface area contributed by atoms with E-state index in [0.717, 1.165) is 0 Å². The van der Waals surface area contributed by atoms with E-state index in [4.69, 9.17) is 34.8 Å². The molecule has 0 spiro atoms. The van der Waals surface area contributed by atoms with Crippen LogP contribution < -0.4 is 16.0 Å². The third kappa shape index (κ3) is 6.75. The summed E-state index contributed by atoms with van der Waals surface area (Å²) in [4.78, 5) is 86.7. The number of hydrogen-bond donors (Lipinski definition) is 3. The Hall–Kier alpha value is -4.65. The van der Waals surface area contributed by atoms with Gasteiger partial charge in [-0.1, -0.05) is 34.8 Å². The fourth-order valence-corrected chi connectivity index (χ4v) is 7.75. The van der Waals surface area contributed by atoms with Crippen molar-refractivity contribution in [2.24, 2.45) is 0 Å². The van der Waals surface area contributed by atoms with E-state index in [1.54, 1.807) is 0 Å². The number of fused-ring (bicyclic) bond motifs is 9. The van der Waals surface area contributed by atoms with Crippen LogP contribution in [0.15, 0.2) is 54.6 Å². The molecule has 264 valence electrons. The topological polar surface area (TPSA) is 148 Å². The zero-order valence-corrected chi connectivity index (χ0v) is 29.5. The van der Waals surface area contributed by atoms with Crippen LogP contribution in [0.2, 0.25) is 15.1 Å². The number of carbonyl (C=O) groups is 6. The normalized spacial score (nSPS) is 22.9. The van der Waals surface area contributed by atoms with Crippen LogP contribution in [0.4, 0.5) is 17.1 Å². The molecule has 3 atom stereocenters. The third-order valence-corrected chi connectivity index (χ3v) is 10.9. The van der Waals surface area contributed by atoms with Crippen LogP contribution in [0.25, 0.3) is 0 Å². The summed E-state index contributed by atoms with van der Waals surface area (Å²) in [6.07, 6.45) is 2.91. The molecule has 4 aliphatic heterocycles. The number of carbonyl (C=O) groups excluding carboxylic acids is 6. The Morgan fingerprint density at radius 3 is 1.00 bits per heavy atom. The monoisotopic (exact) mass is 750 g/mol. The number of benzene rings is 3. The van der Waals surface area contributed by atoms with Gasteiger partial charge < -0.3 is 30.7 Å². The van der Waals surface area contributed by atoms with Crippen LogP contribution in [0.3, 0.4) is 0 Å². The number of nitrogens with zero attached hydrogens (tertiary/aromatic N) is 3. The molecule has 3 aromatic carbocycles. The van der Waals surface area contributed by atoms with E-state index >= 15 is 0 Å². The smallest absolute Gasteiger partial charge is 0.254 e. The number of nitrogens with one attached hydrogen (secondary N) is 3. The van der Waals surface area contributed by atoms with Crippen molar-refractivity contribution < 1.29 is 28.8 Å².